The zero-order chi connectivity index (χ0) is 13.0. The molecule has 1 N–H and O–H groups in total. The van der Waals surface area contributed by atoms with E-state index in [-0.39, 0.29) is 6.10 Å². The maximum Gasteiger partial charge on any atom is 0.337 e. The molecule has 0 spiro atoms. The molecule has 1 aliphatic rings. The van der Waals surface area contributed by atoms with E-state index in [2.05, 4.69) is 6.92 Å². The predicted molar refractivity (Wildman–Crippen MR) is 69.3 cm³/mol. The lowest BCUT2D eigenvalue weighted by Crippen LogP contribution is -2.24. The highest BCUT2D eigenvalue weighted by molar-refractivity contribution is 5.74. The molecule has 1 aromatic rings. The van der Waals surface area contributed by atoms with E-state index in [0.717, 1.165) is 18.4 Å². The van der Waals surface area contributed by atoms with E-state index < -0.39 is 12.1 Å². The van der Waals surface area contributed by atoms with Crippen molar-refractivity contribution in [2.75, 3.05) is 0 Å². The second kappa shape index (κ2) is 6.01. The number of aliphatic carboxylic acids is 1. The fourth-order valence-electron chi connectivity index (χ4n) is 2.25. The molecule has 1 aliphatic carbocycles. The van der Waals surface area contributed by atoms with E-state index in [4.69, 9.17) is 4.74 Å². The van der Waals surface area contributed by atoms with Crippen LogP contribution in [0.2, 0.25) is 0 Å². The van der Waals surface area contributed by atoms with Gasteiger partial charge < -0.3 is 9.84 Å². The molecule has 3 heteroatoms. The van der Waals surface area contributed by atoms with Gasteiger partial charge in [0.1, 0.15) is 0 Å². The number of ether oxygens (including phenoxy) is 1. The van der Waals surface area contributed by atoms with Crippen LogP contribution in [0.25, 0.3) is 0 Å². The highest BCUT2D eigenvalue weighted by atomic mass is 16.5. The first-order valence-corrected chi connectivity index (χ1v) is 6.65. The normalized spacial score (nSPS) is 18.3. The van der Waals surface area contributed by atoms with E-state index in [9.17, 15) is 9.90 Å². The van der Waals surface area contributed by atoms with Crippen molar-refractivity contribution >= 4 is 5.97 Å². The number of hydrogen-bond acceptors (Lipinski definition) is 2. The Balaban J connectivity index is 2.08. The summed E-state index contributed by atoms with van der Waals surface area (Å²) < 4.78 is 5.86. The molecule has 0 aliphatic heterocycles. The summed E-state index contributed by atoms with van der Waals surface area (Å²) in [5.74, 6) is -0.335. The van der Waals surface area contributed by atoms with Crippen molar-refractivity contribution in [3.8, 4) is 0 Å². The maximum atomic E-state index is 11.4. The SMILES string of the molecule is CCCC(OC(C(=O)O)c1ccccc1)C1CC1. The zero-order valence-electron chi connectivity index (χ0n) is 10.7. The maximum absolute atomic E-state index is 11.4. The second-order valence-corrected chi connectivity index (χ2v) is 4.93. The molecule has 1 aromatic carbocycles. The monoisotopic (exact) mass is 248 g/mol. The summed E-state index contributed by atoms with van der Waals surface area (Å²) in [4.78, 5) is 11.4. The minimum absolute atomic E-state index is 0.0938. The summed E-state index contributed by atoms with van der Waals surface area (Å²) in [7, 11) is 0. The quantitative estimate of drug-likeness (QED) is 0.804. The number of benzene rings is 1. The van der Waals surface area contributed by atoms with Gasteiger partial charge in [-0.15, -0.1) is 0 Å². The Hall–Kier alpha value is -1.35. The molecule has 1 saturated carbocycles. The lowest BCUT2D eigenvalue weighted by molar-refractivity contribution is -0.156. The minimum atomic E-state index is -0.900. The van der Waals surface area contributed by atoms with Crippen molar-refractivity contribution in [2.45, 2.75) is 44.8 Å². The fraction of sp³-hybridized carbons (Fsp3) is 0.533. The van der Waals surface area contributed by atoms with Gasteiger partial charge in [0, 0.05) is 0 Å². The summed E-state index contributed by atoms with van der Waals surface area (Å²) >= 11 is 0. The van der Waals surface area contributed by atoms with Gasteiger partial charge in [-0.3, -0.25) is 0 Å². The van der Waals surface area contributed by atoms with Gasteiger partial charge in [0.05, 0.1) is 6.10 Å². The Morgan fingerprint density at radius 3 is 2.56 bits per heavy atom. The van der Waals surface area contributed by atoms with Crippen molar-refractivity contribution < 1.29 is 14.6 Å². The van der Waals surface area contributed by atoms with Crippen LogP contribution in [0.5, 0.6) is 0 Å². The van der Waals surface area contributed by atoms with Crippen molar-refractivity contribution in [1.29, 1.82) is 0 Å². The van der Waals surface area contributed by atoms with Crippen molar-refractivity contribution in [3.05, 3.63) is 35.9 Å². The van der Waals surface area contributed by atoms with Gasteiger partial charge >= 0.3 is 5.97 Å². The Morgan fingerprint density at radius 1 is 1.39 bits per heavy atom. The summed E-state index contributed by atoms with van der Waals surface area (Å²) in [5.41, 5.74) is 0.728. The van der Waals surface area contributed by atoms with Crippen molar-refractivity contribution in [1.82, 2.24) is 0 Å². The van der Waals surface area contributed by atoms with E-state index >= 15 is 0 Å². The first-order valence-electron chi connectivity index (χ1n) is 6.65. The van der Waals surface area contributed by atoms with Crippen LogP contribution in [-0.2, 0) is 9.53 Å². The van der Waals surface area contributed by atoms with E-state index in [1.165, 1.54) is 12.8 Å². The van der Waals surface area contributed by atoms with Crippen LogP contribution in [0.1, 0.15) is 44.3 Å². The van der Waals surface area contributed by atoms with Crippen LogP contribution >= 0.6 is 0 Å². The molecule has 2 unspecified atom stereocenters. The van der Waals surface area contributed by atoms with Gasteiger partial charge in [0.25, 0.3) is 0 Å². The molecular weight excluding hydrogens is 228 g/mol. The van der Waals surface area contributed by atoms with Gasteiger partial charge in [-0.2, -0.15) is 0 Å². The number of hydrogen-bond donors (Lipinski definition) is 1. The molecule has 0 heterocycles. The molecule has 3 nitrogen and oxygen atoms in total. The first kappa shape index (κ1) is 13.1. The summed E-state index contributed by atoms with van der Waals surface area (Å²) in [6.07, 6.45) is 3.58. The second-order valence-electron chi connectivity index (χ2n) is 4.93. The van der Waals surface area contributed by atoms with Gasteiger partial charge in [-0.05, 0) is 30.7 Å². The van der Waals surface area contributed by atoms with Crippen molar-refractivity contribution in [2.24, 2.45) is 5.92 Å². The third-order valence-electron chi connectivity index (χ3n) is 3.36. The topological polar surface area (TPSA) is 46.5 Å². The van der Waals surface area contributed by atoms with Gasteiger partial charge in [0.15, 0.2) is 6.10 Å². The third-order valence-corrected chi connectivity index (χ3v) is 3.36. The predicted octanol–water partition coefficient (Wildman–Crippen LogP) is 3.41. The van der Waals surface area contributed by atoms with Gasteiger partial charge in [-0.25, -0.2) is 4.79 Å². The highest BCUT2D eigenvalue weighted by Crippen LogP contribution is 2.38. The summed E-state index contributed by atoms with van der Waals surface area (Å²) in [6.45, 7) is 2.11. The van der Waals surface area contributed by atoms with Crippen LogP contribution in [0.4, 0.5) is 0 Å². The zero-order valence-corrected chi connectivity index (χ0v) is 10.7. The standard InChI is InChI=1S/C15H20O3/c1-2-6-13(11-9-10-11)18-14(15(16)17)12-7-4-3-5-8-12/h3-5,7-8,11,13-14H,2,6,9-10H2,1H3,(H,16,17). The number of carboxylic acids is 1. The lowest BCUT2D eigenvalue weighted by atomic mass is 10.1. The van der Waals surface area contributed by atoms with Crippen LogP contribution in [0.3, 0.4) is 0 Å². The molecular formula is C15H20O3. The smallest absolute Gasteiger partial charge is 0.337 e. The molecule has 0 aromatic heterocycles. The van der Waals surface area contributed by atoms with Crippen LogP contribution in [-0.4, -0.2) is 17.2 Å². The molecule has 0 bridgehead atoms. The van der Waals surface area contributed by atoms with E-state index in [1.807, 2.05) is 30.3 Å². The number of rotatable bonds is 7. The van der Waals surface area contributed by atoms with Gasteiger partial charge in [0.2, 0.25) is 0 Å². The molecule has 2 atom stereocenters. The van der Waals surface area contributed by atoms with Crippen LogP contribution < -0.4 is 0 Å². The third kappa shape index (κ3) is 3.33. The minimum Gasteiger partial charge on any atom is -0.479 e. The Kier molecular flexibility index (Phi) is 4.37. The summed E-state index contributed by atoms with van der Waals surface area (Å²) in [6, 6.07) is 9.21. The summed E-state index contributed by atoms with van der Waals surface area (Å²) in [5, 5.41) is 9.32. The first-order chi connectivity index (χ1) is 8.72. The van der Waals surface area contributed by atoms with Crippen molar-refractivity contribution in [3.63, 3.8) is 0 Å². The van der Waals surface area contributed by atoms with Crippen LogP contribution in [0.15, 0.2) is 30.3 Å². The number of carboxylic acid groups (broad SMARTS) is 1. The van der Waals surface area contributed by atoms with E-state index in [1.54, 1.807) is 0 Å². The average molecular weight is 248 g/mol. The lowest BCUT2D eigenvalue weighted by Gasteiger charge is -2.22. The van der Waals surface area contributed by atoms with Gasteiger partial charge in [-0.1, -0.05) is 43.7 Å². The Labute approximate surface area is 108 Å². The largest absolute Gasteiger partial charge is 0.479 e. The molecule has 1 fully saturated rings. The molecule has 2 rings (SSSR count). The van der Waals surface area contributed by atoms with E-state index in [0.29, 0.717) is 5.92 Å². The molecule has 0 amide bonds. The molecule has 98 valence electrons. The van der Waals surface area contributed by atoms with Crippen LogP contribution in [0, 0.1) is 5.92 Å². The Morgan fingerprint density at radius 2 is 2.06 bits per heavy atom. The molecule has 0 saturated heterocycles. The average Bonchev–Trinajstić information content (AvgIpc) is 3.19. The Bertz CT molecular complexity index is 384. The molecule has 0 radical (unpaired) electrons. The fourth-order valence-corrected chi connectivity index (χ4v) is 2.25. The highest BCUT2D eigenvalue weighted by Gasteiger charge is 2.35. The molecule has 18 heavy (non-hydrogen) atoms. The number of carbonyl (C=O) groups is 1.